The van der Waals surface area contributed by atoms with Gasteiger partial charge in [0, 0.05) is 12.6 Å². The molecule has 3 nitrogen and oxygen atoms in total. The van der Waals surface area contributed by atoms with Crippen molar-refractivity contribution in [3.8, 4) is 12.0 Å². The second kappa shape index (κ2) is 7.22. The van der Waals surface area contributed by atoms with Crippen molar-refractivity contribution >= 4 is 28.7 Å². The number of hydrogen-bond donors (Lipinski definition) is 0. The van der Waals surface area contributed by atoms with Crippen LogP contribution in [0.15, 0.2) is 0 Å². The van der Waals surface area contributed by atoms with Gasteiger partial charge in [-0.1, -0.05) is 41.9 Å². The van der Waals surface area contributed by atoms with Crippen LogP contribution in [0.3, 0.4) is 0 Å². The molecular weight excluding hydrogens is 269 g/mol. The highest BCUT2D eigenvalue weighted by Crippen LogP contribution is 1.92. The number of halogens is 1. The number of hydrogen-bond acceptors (Lipinski definition) is 2. The lowest BCUT2D eigenvalue weighted by Crippen LogP contribution is -2.38. The molecule has 0 spiro atoms. The molecule has 0 radical (unpaired) electrons. The Balaban J connectivity index is 3.95. The number of nitrogens with zero attached hydrogens (tertiary/aromatic N) is 1. The van der Waals surface area contributed by atoms with Crippen molar-refractivity contribution in [3.63, 3.8) is 0 Å². The van der Waals surface area contributed by atoms with Crippen LogP contribution in [0.1, 0.15) is 19.8 Å². The Morgan fingerprint density at radius 1 is 1.67 bits per heavy atom. The van der Waals surface area contributed by atoms with E-state index in [9.17, 15) is 9.90 Å². The lowest BCUT2D eigenvalue weighted by molar-refractivity contribution is -0.261. The van der Waals surface area contributed by atoms with Gasteiger partial charge in [0.25, 0.3) is 0 Å². The van der Waals surface area contributed by atoms with E-state index in [4.69, 9.17) is 0 Å². The molecule has 0 atom stereocenters. The molecule has 0 unspecified atom stereocenters. The summed E-state index contributed by atoms with van der Waals surface area (Å²) in [6.45, 7) is 2.45. The van der Waals surface area contributed by atoms with Crippen molar-refractivity contribution in [3.05, 3.63) is 0 Å². The molecule has 0 saturated heterocycles. The number of carbonyl (C=O) groups is 1. The molecule has 0 aromatic heterocycles. The van der Waals surface area contributed by atoms with E-state index in [1.807, 2.05) is 6.92 Å². The Morgan fingerprint density at radius 3 is 2.75 bits per heavy atom. The first-order chi connectivity index (χ1) is 5.72. The van der Waals surface area contributed by atoms with E-state index in [0.29, 0.717) is 11.0 Å². The molecule has 0 N–H and O–H groups in total. The maximum atomic E-state index is 10.4. The van der Waals surface area contributed by atoms with Crippen LogP contribution >= 0.6 is 22.6 Å². The van der Waals surface area contributed by atoms with E-state index >= 15 is 0 Å². The second-order valence-corrected chi connectivity index (χ2v) is 2.96. The Labute approximate surface area is 86.3 Å². The van der Waals surface area contributed by atoms with Crippen LogP contribution in [-0.4, -0.2) is 22.0 Å². The predicted molar refractivity (Wildman–Crippen MR) is 53.7 cm³/mol. The molecule has 0 rings (SSSR count). The van der Waals surface area contributed by atoms with Gasteiger partial charge in [0.05, 0.1) is 4.43 Å². The lowest BCUT2D eigenvalue weighted by atomic mass is 10.3. The second-order valence-electron chi connectivity index (χ2n) is 2.19. The smallest absolute Gasteiger partial charge is 0.149 e. The van der Waals surface area contributed by atoms with Crippen molar-refractivity contribution in [2.24, 2.45) is 0 Å². The van der Waals surface area contributed by atoms with E-state index < -0.39 is 6.09 Å². The summed E-state index contributed by atoms with van der Waals surface area (Å²) < 4.78 is 0.633. The average Bonchev–Trinajstić information content (AvgIpc) is 2.04. The number of rotatable bonds is 3. The topological polar surface area (TPSA) is 43.4 Å². The molecule has 1 amide bonds. The van der Waals surface area contributed by atoms with Gasteiger partial charge in [-0.15, -0.1) is 0 Å². The molecule has 0 aliphatic rings. The zero-order chi connectivity index (χ0) is 9.40. The summed E-state index contributed by atoms with van der Waals surface area (Å²) in [6, 6.07) is 2.52. The lowest BCUT2D eigenvalue weighted by Gasteiger charge is -2.16. The van der Waals surface area contributed by atoms with Crippen molar-refractivity contribution in [1.82, 2.24) is 4.90 Å². The summed E-state index contributed by atoms with van der Waals surface area (Å²) in [5, 5.41) is 10.4. The molecule has 4 heteroatoms. The van der Waals surface area contributed by atoms with Gasteiger partial charge >= 0.3 is 0 Å². The summed E-state index contributed by atoms with van der Waals surface area (Å²) in [7, 11) is 0. The largest absolute Gasteiger partial charge is 0.529 e. The van der Waals surface area contributed by atoms with Crippen LogP contribution in [0.5, 0.6) is 0 Å². The molecule has 0 saturated carbocycles. The first-order valence-electron chi connectivity index (χ1n) is 3.75. The number of alkyl halides is 1. The Hall–Kier alpha value is -0.440. The van der Waals surface area contributed by atoms with Crippen molar-refractivity contribution < 1.29 is 9.90 Å². The van der Waals surface area contributed by atoms with Crippen LogP contribution in [0.2, 0.25) is 0 Å². The minimum atomic E-state index is -1.21. The third kappa shape index (κ3) is 5.24. The monoisotopic (exact) mass is 280 g/mol. The van der Waals surface area contributed by atoms with Crippen molar-refractivity contribution in [2.75, 3.05) is 11.0 Å². The van der Waals surface area contributed by atoms with Crippen molar-refractivity contribution in [2.45, 2.75) is 19.8 Å². The van der Waals surface area contributed by atoms with Gasteiger partial charge in [0.1, 0.15) is 6.09 Å². The first-order valence-corrected chi connectivity index (χ1v) is 5.28. The maximum absolute atomic E-state index is 10.4. The van der Waals surface area contributed by atoms with Gasteiger partial charge < -0.3 is 9.90 Å². The highest BCUT2D eigenvalue weighted by Gasteiger charge is 1.97. The maximum Gasteiger partial charge on any atom is 0.149 e. The van der Waals surface area contributed by atoms with Crippen LogP contribution in [0.4, 0.5) is 4.79 Å². The van der Waals surface area contributed by atoms with Gasteiger partial charge in [0.15, 0.2) is 0 Å². The molecule has 0 bridgehead atoms. The Kier molecular flexibility index (Phi) is 6.96. The normalized spacial score (nSPS) is 8.50. The molecule has 0 heterocycles. The quantitative estimate of drug-likeness (QED) is 0.332. The third-order valence-corrected chi connectivity index (χ3v) is 1.62. The molecule has 0 aromatic rings. The van der Waals surface area contributed by atoms with Gasteiger partial charge in [-0.3, -0.25) is 4.90 Å². The fraction of sp³-hybridized carbons (Fsp3) is 0.625. The van der Waals surface area contributed by atoms with Crippen molar-refractivity contribution in [1.29, 1.82) is 0 Å². The van der Waals surface area contributed by atoms with Crippen LogP contribution < -0.4 is 5.11 Å². The highest BCUT2D eigenvalue weighted by atomic mass is 127. The van der Waals surface area contributed by atoms with Gasteiger partial charge in [-0.05, 0) is 6.42 Å². The van der Waals surface area contributed by atoms with E-state index in [1.165, 1.54) is 0 Å². The predicted octanol–water partition coefficient (Wildman–Crippen LogP) is 0.828. The zero-order valence-corrected chi connectivity index (χ0v) is 9.13. The molecule has 0 aliphatic carbocycles. The third-order valence-electron chi connectivity index (χ3n) is 1.24. The Morgan fingerprint density at radius 2 is 2.33 bits per heavy atom. The minimum Gasteiger partial charge on any atom is -0.529 e. The van der Waals surface area contributed by atoms with Gasteiger partial charge in [-0.25, -0.2) is 0 Å². The molecule has 0 aromatic carbocycles. The van der Waals surface area contributed by atoms with Crippen LogP contribution in [0, 0.1) is 12.0 Å². The van der Waals surface area contributed by atoms with E-state index in [1.54, 1.807) is 0 Å². The molecular formula is C8H11INO2-. The summed E-state index contributed by atoms with van der Waals surface area (Å²) in [5.41, 5.74) is 0. The Bertz CT molecular complexity index is 195. The van der Waals surface area contributed by atoms with Gasteiger partial charge in [-0.2, -0.15) is 0 Å². The van der Waals surface area contributed by atoms with Crippen LogP contribution in [-0.2, 0) is 0 Å². The first kappa shape index (κ1) is 11.6. The summed E-state index contributed by atoms with van der Waals surface area (Å²) in [4.78, 5) is 11.5. The summed E-state index contributed by atoms with van der Waals surface area (Å²) >= 11 is 2.07. The fourth-order valence-electron chi connectivity index (χ4n) is 0.634. The fourth-order valence-corrected chi connectivity index (χ4v) is 0.805. The summed E-state index contributed by atoms with van der Waals surface area (Å²) in [5.74, 6) is 2.68. The zero-order valence-electron chi connectivity index (χ0n) is 6.97. The summed E-state index contributed by atoms with van der Waals surface area (Å²) in [6.07, 6.45) is 0.570. The van der Waals surface area contributed by atoms with Gasteiger partial charge in [0.2, 0.25) is 0 Å². The van der Waals surface area contributed by atoms with E-state index in [-0.39, 0.29) is 0 Å². The number of carboxylic acid groups (broad SMARTS) is 1. The average molecular weight is 280 g/mol. The number of unbranched alkanes of at least 4 members (excludes halogenated alkanes) is 1. The molecule has 0 fully saturated rings. The number of amides is 1. The number of carbonyl (C=O) groups excluding carboxylic acids is 1. The van der Waals surface area contributed by atoms with E-state index in [2.05, 4.69) is 34.6 Å². The van der Waals surface area contributed by atoms with Crippen LogP contribution in [0.25, 0.3) is 0 Å². The molecule has 68 valence electrons. The van der Waals surface area contributed by atoms with E-state index in [0.717, 1.165) is 17.7 Å². The SMILES string of the molecule is CCCCN(C#CCI)C(=O)[O-]. The standard InChI is InChI=1S/C8H12INO2/c1-2-3-6-10(8(11)12)7-4-5-9/h2-3,5-6H2,1H3,(H,11,12)/p-1. The minimum absolute atomic E-state index is 0.447. The molecule has 12 heavy (non-hydrogen) atoms. The molecule has 0 aliphatic heterocycles. The highest BCUT2D eigenvalue weighted by molar-refractivity contribution is 14.1.